The van der Waals surface area contributed by atoms with Crippen LogP contribution in [-0.2, 0) is 12.8 Å². The van der Waals surface area contributed by atoms with Gasteiger partial charge in [0, 0.05) is 18.4 Å². The molecular formula is C17H13FN4S. The number of rotatable bonds is 4. The van der Waals surface area contributed by atoms with Crippen LogP contribution in [0.2, 0.25) is 0 Å². The maximum atomic E-state index is 13.0. The Morgan fingerprint density at radius 1 is 1.17 bits per heavy atom. The van der Waals surface area contributed by atoms with Gasteiger partial charge in [-0.1, -0.05) is 23.9 Å². The van der Waals surface area contributed by atoms with Crippen LogP contribution in [0.3, 0.4) is 0 Å². The number of halogens is 1. The lowest BCUT2D eigenvalue weighted by molar-refractivity contribution is 0.628. The molecule has 3 rings (SSSR count). The molecule has 0 radical (unpaired) electrons. The summed E-state index contributed by atoms with van der Waals surface area (Å²) in [4.78, 5) is 0. The molecule has 0 aliphatic heterocycles. The van der Waals surface area contributed by atoms with Crippen molar-refractivity contribution >= 4 is 11.8 Å². The number of hydrogen-bond acceptors (Lipinski definition) is 4. The maximum Gasteiger partial charge on any atom is 0.191 e. The zero-order valence-corrected chi connectivity index (χ0v) is 13.2. The summed E-state index contributed by atoms with van der Waals surface area (Å²) in [5.41, 5.74) is 2.52. The highest BCUT2D eigenvalue weighted by Gasteiger charge is 2.11. The lowest BCUT2D eigenvalue weighted by atomic mass is 10.2. The van der Waals surface area contributed by atoms with E-state index in [9.17, 15) is 4.39 Å². The molecule has 4 nitrogen and oxygen atoms in total. The summed E-state index contributed by atoms with van der Waals surface area (Å²) in [6.45, 7) is 0. The van der Waals surface area contributed by atoms with Crippen LogP contribution in [0.4, 0.5) is 4.39 Å². The summed E-state index contributed by atoms with van der Waals surface area (Å²) < 4.78 is 14.9. The summed E-state index contributed by atoms with van der Waals surface area (Å²) in [6.07, 6.45) is 0. The number of thioether (sulfide) groups is 1. The van der Waals surface area contributed by atoms with E-state index in [1.165, 1.54) is 12.1 Å². The lowest BCUT2D eigenvalue weighted by Gasteiger charge is -2.04. The molecule has 0 amide bonds. The number of nitriles is 1. The van der Waals surface area contributed by atoms with Crippen molar-refractivity contribution < 1.29 is 4.39 Å². The smallest absolute Gasteiger partial charge is 0.191 e. The predicted molar refractivity (Wildman–Crippen MR) is 87.1 cm³/mol. The van der Waals surface area contributed by atoms with Gasteiger partial charge < -0.3 is 4.57 Å². The normalized spacial score (nSPS) is 10.5. The van der Waals surface area contributed by atoms with E-state index in [4.69, 9.17) is 5.26 Å². The number of hydrogen-bond donors (Lipinski definition) is 0. The summed E-state index contributed by atoms with van der Waals surface area (Å²) in [5.74, 6) is 1.12. The molecule has 0 aliphatic rings. The van der Waals surface area contributed by atoms with E-state index in [1.807, 2.05) is 29.8 Å². The Hall–Kier alpha value is -2.65. The van der Waals surface area contributed by atoms with Gasteiger partial charge in [0.05, 0.1) is 11.6 Å². The zero-order valence-electron chi connectivity index (χ0n) is 12.4. The van der Waals surface area contributed by atoms with E-state index in [1.54, 1.807) is 30.0 Å². The molecule has 0 spiro atoms. The quantitative estimate of drug-likeness (QED) is 0.685. The van der Waals surface area contributed by atoms with Gasteiger partial charge in [0.2, 0.25) is 0 Å². The largest absolute Gasteiger partial charge is 0.305 e. The van der Waals surface area contributed by atoms with Gasteiger partial charge in [-0.2, -0.15) is 5.26 Å². The molecule has 0 fully saturated rings. The molecule has 0 saturated carbocycles. The van der Waals surface area contributed by atoms with Crippen LogP contribution in [0.25, 0.3) is 11.4 Å². The first-order chi connectivity index (χ1) is 11.2. The fourth-order valence-electron chi connectivity index (χ4n) is 2.17. The fourth-order valence-corrected chi connectivity index (χ4v) is 3.02. The van der Waals surface area contributed by atoms with Crippen LogP contribution in [0.5, 0.6) is 0 Å². The number of nitrogens with zero attached hydrogens (tertiary/aromatic N) is 4. The van der Waals surface area contributed by atoms with E-state index in [0.29, 0.717) is 17.1 Å². The standard InChI is InChI=1S/C17H13FN4S/c1-22-16(14-5-7-15(18)8-6-14)20-21-17(22)23-11-13-4-2-3-12(9-13)10-19/h2-9H,11H2,1H3. The van der Waals surface area contributed by atoms with Gasteiger partial charge in [0.15, 0.2) is 11.0 Å². The van der Waals surface area contributed by atoms with Gasteiger partial charge in [-0.25, -0.2) is 4.39 Å². The van der Waals surface area contributed by atoms with Gasteiger partial charge in [0.25, 0.3) is 0 Å². The molecule has 0 saturated heterocycles. The first-order valence-corrected chi connectivity index (χ1v) is 7.93. The SMILES string of the molecule is Cn1c(SCc2cccc(C#N)c2)nnc1-c1ccc(F)cc1. The summed E-state index contributed by atoms with van der Waals surface area (Å²) in [5, 5.41) is 18.1. The highest BCUT2D eigenvalue weighted by molar-refractivity contribution is 7.98. The second kappa shape index (κ2) is 6.63. The second-order valence-corrected chi connectivity index (χ2v) is 5.92. The average molecular weight is 324 g/mol. The van der Waals surface area contributed by atoms with E-state index in [2.05, 4.69) is 16.3 Å². The van der Waals surface area contributed by atoms with Crippen molar-refractivity contribution in [2.24, 2.45) is 7.05 Å². The second-order valence-electron chi connectivity index (χ2n) is 4.97. The van der Waals surface area contributed by atoms with Gasteiger partial charge >= 0.3 is 0 Å². The molecule has 1 heterocycles. The highest BCUT2D eigenvalue weighted by atomic mass is 32.2. The Labute approximate surface area is 137 Å². The van der Waals surface area contributed by atoms with Crippen LogP contribution in [-0.4, -0.2) is 14.8 Å². The van der Waals surface area contributed by atoms with Gasteiger partial charge in [-0.15, -0.1) is 10.2 Å². The van der Waals surface area contributed by atoms with Crippen molar-refractivity contribution in [2.45, 2.75) is 10.9 Å². The Bertz CT molecular complexity index is 865. The fraction of sp³-hybridized carbons (Fsp3) is 0.118. The molecule has 2 aromatic carbocycles. The Kier molecular flexibility index (Phi) is 4.40. The molecule has 23 heavy (non-hydrogen) atoms. The lowest BCUT2D eigenvalue weighted by Crippen LogP contribution is -1.95. The minimum absolute atomic E-state index is 0.275. The van der Waals surface area contributed by atoms with Crippen LogP contribution < -0.4 is 0 Å². The van der Waals surface area contributed by atoms with Crippen LogP contribution >= 0.6 is 11.8 Å². The molecule has 6 heteroatoms. The highest BCUT2D eigenvalue weighted by Crippen LogP contribution is 2.25. The maximum absolute atomic E-state index is 13.0. The van der Waals surface area contributed by atoms with Gasteiger partial charge in [0.1, 0.15) is 5.82 Å². The van der Waals surface area contributed by atoms with Gasteiger partial charge in [-0.05, 0) is 42.0 Å². The Morgan fingerprint density at radius 3 is 2.70 bits per heavy atom. The van der Waals surface area contributed by atoms with Crippen molar-refractivity contribution in [3.05, 3.63) is 65.5 Å². The van der Waals surface area contributed by atoms with Gasteiger partial charge in [-0.3, -0.25) is 0 Å². The van der Waals surface area contributed by atoms with E-state index in [0.717, 1.165) is 16.3 Å². The zero-order chi connectivity index (χ0) is 16.2. The summed E-state index contributed by atoms with van der Waals surface area (Å²) in [6, 6.07) is 15.8. The monoisotopic (exact) mass is 324 g/mol. The third-order valence-electron chi connectivity index (χ3n) is 3.36. The van der Waals surface area contributed by atoms with Crippen LogP contribution in [0.15, 0.2) is 53.7 Å². The van der Waals surface area contributed by atoms with E-state index >= 15 is 0 Å². The van der Waals surface area contributed by atoms with Crippen molar-refractivity contribution in [1.82, 2.24) is 14.8 Å². The molecule has 114 valence electrons. The predicted octanol–water partition coefficient (Wildman–Crippen LogP) is 3.79. The Morgan fingerprint density at radius 2 is 1.96 bits per heavy atom. The minimum Gasteiger partial charge on any atom is -0.305 e. The van der Waals surface area contributed by atoms with Crippen LogP contribution in [0.1, 0.15) is 11.1 Å². The van der Waals surface area contributed by atoms with E-state index < -0.39 is 0 Å². The molecule has 1 aromatic heterocycles. The molecule has 3 aromatic rings. The molecule has 0 N–H and O–H groups in total. The summed E-state index contributed by atoms with van der Waals surface area (Å²) in [7, 11) is 1.88. The van der Waals surface area contributed by atoms with E-state index in [-0.39, 0.29) is 5.82 Å². The molecular weight excluding hydrogens is 311 g/mol. The molecule has 0 atom stereocenters. The Balaban J connectivity index is 1.77. The first-order valence-electron chi connectivity index (χ1n) is 6.94. The topological polar surface area (TPSA) is 54.5 Å². The number of benzene rings is 2. The molecule has 0 bridgehead atoms. The van der Waals surface area contributed by atoms with Crippen molar-refractivity contribution in [2.75, 3.05) is 0 Å². The summed E-state index contributed by atoms with van der Waals surface area (Å²) >= 11 is 1.54. The average Bonchev–Trinajstić information content (AvgIpc) is 2.95. The molecule has 0 aliphatic carbocycles. The van der Waals surface area contributed by atoms with Crippen LogP contribution in [0, 0.1) is 17.1 Å². The molecule has 0 unspecified atom stereocenters. The number of aromatic nitrogens is 3. The van der Waals surface area contributed by atoms with Crippen molar-refractivity contribution in [3.8, 4) is 17.5 Å². The van der Waals surface area contributed by atoms with Crippen molar-refractivity contribution in [1.29, 1.82) is 5.26 Å². The minimum atomic E-state index is -0.275. The third kappa shape index (κ3) is 3.41. The first kappa shape index (κ1) is 15.3. The third-order valence-corrected chi connectivity index (χ3v) is 4.45. The van der Waals surface area contributed by atoms with Crippen molar-refractivity contribution in [3.63, 3.8) is 0 Å².